The molecule has 0 aliphatic carbocycles. The number of carboxylic acids is 1. The van der Waals surface area contributed by atoms with Crippen molar-refractivity contribution in [3.8, 4) is 0 Å². The minimum absolute atomic E-state index is 0.245. The number of nitrogens with zero attached hydrogens (tertiary/aromatic N) is 2. The van der Waals surface area contributed by atoms with Crippen LogP contribution in [0.25, 0.3) is 0 Å². The van der Waals surface area contributed by atoms with Crippen LogP contribution in [0.4, 0.5) is 0 Å². The van der Waals surface area contributed by atoms with Crippen LogP contribution in [-0.4, -0.2) is 68.6 Å². The van der Waals surface area contributed by atoms with E-state index in [1.54, 1.807) is 0 Å². The van der Waals surface area contributed by atoms with Crippen molar-refractivity contribution in [3.05, 3.63) is 11.2 Å². The maximum atomic E-state index is 12.0. The molecule has 0 bridgehead atoms. The first-order valence-corrected chi connectivity index (χ1v) is 8.46. The summed E-state index contributed by atoms with van der Waals surface area (Å²) in [5.74, 6) is -1.34. The molecule has 20 heavy (non-hydrogen) atoms. The second-order valence-electron chi connectivity index (χ2n) is 4.28. The zero-order valence-electron chi connectivity index (χ0n) is 10.7. The highest BCUT2D eigenvalue weighted by Crippen LogP contribution is 2.19. The van der Waals surface area contributed by atoms with Gasteiger partial charge in [0, 0.05) is 39.3 Å². The molecule has 0 amide bonds. The van der Waals surface area contributed by atoms with Crippen molar-refractivity contribution < 1.29 is 18.3 Å². The average Bonchev–Trinajstić information content (AvgIpc) is 2.90. The number of nitrogens with one attached hydrogen (secondary N) is 2. The molecular formula is C10H16N4O4S2. The van der Waals surface area contributed by atoms with Gasteiger partial charge in [0.25, 0.3) is 10.0 Å². The monoisotopic (exact) mass is 320 g/mol. The van der Waals surface area contributed by atoms with Gasteiger partial charge in [-0.15, -0.1) is 11.3 Å². The second kappa shape index (κ2) is 6.59. The number of aromatic nitrogens is 1. The Morgan fingerprint density at radius 1 is 1.50 bits per heavy atom. The summed E-state index contributed by atoms with van der Waals surface area (Å²) in [6.45, 7) is 4.39. The van der Waals surface area contributed by atoms with Crippen LogP contribution in [0.3, 0.4) is 0 Å². The van der Waals surface area contributed by atoms with Crippen molar-refractivity contribution in [1.29, 1.82) is 0 Å². The average molecular weight is 320 g/mol. The van der Waals surface area contributed by atoms with Crippen molar-refractivity contribution in [2.75, 3.05) is 39.3 Å². The maximum absolute atomic E-state index is 12.0. The van der Waals surface area contributed by atoms with Gasteiger partial charge in [0.05, 0.1) is 5.51 Å². The predicted octanol–water partition coefficient (Wildman–Crippen LogP) is -0.975. The van der Waals surface area contributed by atoms with Gasteiger partial charge >= 0.3 is 5.97 Å². The number of thiazole rings is 1. The summed E-state index contributed by atoms with van der Waals surface area (Å²) in [5, 5.41) is 12.1. The van der Waals surface area contributed by atoms with Crippen LogP contribution in [0.1, 0.15) is 10.5 Å². The number of carboxylic acid groups (broad SMARTS) is 1. The van der Waals surface area contributed by atoms with Gasteiger partial charge in [0.2, 0.25) is 0 Å². The third-order valence-electron chi connectivity index (χ3n) is 2.91. The van der Waals surface area contributed by atoms with Crippen molar-refractivity contribution in [3.63, 3.8) is 0 Å². The van der Waals surface area contributed by atoms with Crippen LogP contribution in [-0.2, 0) is 10.0 Å². The summed E-state index contributed by atoms with van der Waals surface area (Å²) in [4.78, 5) is 16.6. The van der Waals surface area contributed by atoms with Gasteiger partial charge in [0.1, 0.15) is 0 Å². The van der Waals surface area contributed by atoms with Gasteiger partial charge in [-0.1, -0.05) is 0 Å². The number of rotatable bonds is 6. The van der Waals surface area contributed by atoms with E-state index in [1.807, 2.05) is 0 Å². The quantitative estimate of drug-likeness (QED) is 0.618. The summed E-state index contributed by atoms with van der Waals surface area (Å²) in [5.41, 5.74) is 0.790. The van der Waals surface area contributed by atoms with Crippen LogP contribution in [0.2, 0.25) is 0 Å². The van der Waals surface area contributed by atoms with Gasteiger partial charge in [-0.05, 0) is 0 Å². The first-order chi connectivity index (χ1) is 9.50. The summed E-state index contributed by atoms with van der Waals surface area (Å²) in [6, 6.07) is 0. The fraction of sp³-hybridized carbons (Fsp3) is 0.600. The molecule has 3 N–H and O–H groups in total. The Balaban J connectivity index is 1.93. The molecule has 0 aromatic carbocycles. The van der Waals surface area contributed by atoms with Gasteiger partial charge < -0.3 is 10.4 Å². The number of aromatic carboxylic acids is 1. The molecule has 10 heteroatoms. The molecule has 2 heterocycles. The molecule has 0 unspecified atom stereocenters. The molecule has 0 spiro atoms. The lowest BCUT2D eigenvalue weighted by Gasteiger charge is -2.26. The molecule has 112 valence electrons. The van der Waals surface area contributed by atoms with E-state index in [4.69, 9.17) is 5.11 Å². The maximum Gasteiger partial charge on any atom is 0.356 e. The fourth-order valence-corrected chi connectivity index (χ4v) is 4.11. The number of piperazine rings is 1. The third kappa shape index (κ3) is 3.73. The lowest BCUT2D eigenvalue weighted by Crippen LogP contribution is -2.46. The van der Waals surface area contributed by atoms with E-state index in [1.165, 1.54) is 5.51 Å². The Kier molecular flexibility index (Phi) is 5.05. The van der Waals surface area contributed by atoms with Crippen LogP contribution < -0.4 is 10.0 Å². The van der Waals surface area contributed by atoms with E-state index in [2.05, 4.69) is 19.9 Å². The SMILES string of the molecule is O=C(O)c1ncsc1S(=O)(=O)NCCN1CCNCC1. The van der Waals surface area contributed by atoms with E-state index >= 15 is 0 Å². The van der Waals surface area contributed by atoms with Crippen LogP contribution in [0.15, 0.2) is 9.72 Å². The Labute approximate surface area is 120 Å². The second-order valence-corrected chi connectivity index (χ2v) is 7.10. The Morgan fingerprint density at radius 2 is 2.20 bits per heavy atom. The Bertz CT molecular complexity index is 566. The zero-order valence-corrected chi connectivity index (χ0v) is 12.3. The van der Waals surface area contributed by atoms with Gasteiger partial charge in [-0.25, -0.2) is 22.9 Å². The summed E-state index contributed by atoms with van der Waals surface area (Å²) in [6.07, 6.45) is 0. The Morgan fingerprint density at radius 3 is 2.85 bits per heavy atom. The van der Waals surface area contributed by atoms with Crippen molar-refractivity contribution in [2.24, 2.45) is 0 Å². The molecule has 1 aliphatic heterocycles. The fourth-order valence-electron chi connectivity index (χ4n) is 1.91. The van der Waals surface area contributed by atoms with E-state index in [-0.39, 0.29) is 10.8 Å². The van der Waals surface area contributed by atoms with Gasteiger partial charge in [-0.3, -0.25) is 4.90 Å². The number of hydrogen-bond acceptors (Lipinski definition) is 7. The molecule has 1 aromatic heterocycles. The normalized spacial score (nSPS) is 17.2. The van der Waals surface area contributed by atoms with Crippen molar-refractivity contribution >= 4 is 27.3 Å². The molecule has 0 atom stereocenters. The molecule has 0 radical (unpaired) electrons. The molecule has 1 fully saturated rings. The summed E-state index contributed by atoms with van der Waals surface area (Å²) < 4.78 is 26.2. The number of carbonyl (C=O) groups is 1. The van der Waals surface area contributed by atoms with E-state index in [9.17, 15) is 13.2 Å². The predicted molar refractivity (Wildman–Crippen MR) is 73.6 cm³/mol. The molecule has 1 saturated heterocycles. The zero-order chi connectivity index (χ0) is 14.6. The minimum atomic E-state index is -3.81. The van der Waals surface area contributed by atoms with Gasteiger partial charge in [0.15, 0.2) is 9.90 Å². The van der Waals surface area contributed by atoms with E-state index in [0.29, 0.717) is 6.54 Å². The molecule has 8 nitrogen and oxygen atoms in total. The number of sulfonamides is 1. The standard InChI is InChI=1S/C10H16N4O4S2/c15-9(16)8-10(19-7-12-8)20(17,18)13-3-6-14-4-1-11-2-5-14/h7,11,13H,1-6H2,(H,15,16). The lowest BCUT2D eigenvalue weighted by molar-refractivity contribution is 0.0687. The van der Waals surface area contributed by atoms with E-state index in [0.717, 1.165) is 37.5 Å². The molecule has 0 saturated carbocycles. The molecular weight excluding hydrogens is 304 g/mol. The molecule has 2 rings (SSSR count). The third-order valence-corrected chi connectivity index (χ3v) is 5.74. The highest BCUT2D eigenvalue weighted by atomic mass is 32.2. The largest absolute Gasteiger partial charge is 0.476 e. The highest BCUT2D eigenvalue weighted by Gasteiger charge is 2.25. The number of hydrogen-bond donors (Lipinski definition) is 3. The first kappa shape index (κ1) is 15.3. The topological polar surface area (TPSA) is 112 Å². The lowest BCUT2D eigenvalue weighted by atomic mass is 10.3. The van der Waals surface area contributed by atoms with Crippen molar-refractivity contribution in [1.82, 2.24) is 19.9 Å². The Hall–Kier alpha value is -1.07. The van der Waals surface area contributed by atoms with Crippen LogP contribution in [0, 0.1) is 0 Å². The van der Waals surface area contributed by atoms with Crippen molar-refractivity contribution in [2.45, 2.75) is 4.21 Å². The summed E-state index contributed by atoms with van der Waals surface area (Å²) >= 11 is 0.805. The summed E-state index contributed by atoms with van der Waals surface area (Å²) in [7, 11) is -3.81. The van der Waals surface area contributed by atoms with Crippen LogP contribution in [0.5, 0.6) is 0 Å². The smallest absolute Gasteiger partial charge is 0.356 e. The van der Waals surface area contributed by atoms with Gasteiger partial charge in [-0.2, -0.15) is 0 Å². The molecule has 1 aromatic rings. The minimum Gasteiger partial charge on any atom is -0.476 e. The first-order valence-electron chi connectivity index (χ1n) is 6.10. The van der Waals surface area contributed by atoms with E-state index < -0.39 is 21.7 Å². The molecule has 1 aliphatic rings. The van der Waals surface area contributed by atoms with Crippen LogP contribution >= 0.6 is 11.3 Å². The highest BCUT2D eigenvalue weighted by molar-refractivity contribution is 7.91.